The SMILES string of the molecule is O=C(CNc1ccccc1[N+](=O)[O-])NCC(C(=O)O)C1CCOCC1. The van der Waals surface area contributed by atoms with Crippen molar-refractivity contribution in [3.05, 3.63) is 34.4 Å². The predicted molar refractivity (Wildman–Crippen MR) is 89.3 cm³/mol. The number of nitrogens with one attached hydrogen (secondary N) is 2. The monoisotopic (exact) mass is 351 g/mol. The van der Waals surface area contributed by atoms with Crippen LogP contribution in [0, 0.1) is 22.0 Å². The van der Waals surface area contributed by atoms with Crippen LogP contribution in [0.1, 0.15) is 12.8 Å². The second kappa shape index (κ2) is 8.97. The highest BCUT2D eigenvalue weighted by Gasteiger charge is 2.30. The minimum absolute atomic E-state index is 0.0252. The summed E-state index contributed by atoms with van der Waals surface area (Å²) in [6, 6.07) is 6.01. The number of nitrogens with zero attached hydrogens (tertiary/aromatic N) is 1. The van der Waals surface area contributed by atoms with Crippen molar-refractivity contribution in [3.63, 3.8) is 0 Å². The van der Waals surface area contributed by atoms with Gasteiger partial charge in [-0.3, -0.25) is 19.7 Å². The summed E-state index contributed by atoms with van der Waals surface area (Å²) >= 11 is 0. The maximum atomic E-state index is 11.9. The number of amides is 1. The van der Waals surface area contributed by atoms with E-state index in [2.05, 4.69) is 10.6 Å². The summed E-state index contributed by atoms with van der Waals surface area (Å²) in [5, 5.41) is 25.6. The smallest absolute Gasteiger partial charge is 0.308 e. The molecule has 1 unspecified atom stereocenters. The molecule has 136 valence electrons. The van der Waals surface area contributed by atoms with Gasteiger partial charge in [-0.2, -0.15) is 0 Å². The Labute approximate surface area is 144 Å². The van der Waals surface area contributed by atoms with Crippen molar-refractivity contribution in [2.24, 2.45) is 11.8 Å². The number of para-hydroxylation sites is 2. The van der Waals surface area contributed by atoms with Crippen LogP contribution in [0.2, 0.25) is 0 Å². The molecule has 9 heteroatoms. The van der Waals surface area contributed by atoms with Crippen molar-refractivity contribution in [2.45, 2.75) is 12.8 Å². The quantitative estimate of drug-likeness (QED) is 0.474. The molecule has 1 aliphatic rings. The van der Waals surface area contributed by atoms with Crippen molar-refractivity contribution < 1.29 is 24.4 Å². The molecule has 9 nitrogen and oxygen atoms in total. The van der Waals surface area contributed by atoms with Crippen LogP contribution in [-0.2, 0) is 14.3 Å². The number of carboxylic acids is 1. The van der Waals surface area contributed by atoms with Gasteiger partial charge in [-0.1, -0.05) is 12.1 Å². The Kier molecular flexibility index (Phi) is 6.70. The lowest BCUT2D eigenvalue weighted by atomic mass is 9.86. The molecule has 3 N–H and O–H groups in total. The highest BCUT2D eigenvalue weighted by atomic mass is 16.6. The van der Waals surface area contributed by atoms with Gasteiger partial charge in [0.1, 0.15) is 5.69 Å². The van der Waals surface area contributed by atoms with Crippen LogP contribution in [0.3, 0.4) is 0 Å². The van der Waals surface area contributed by atoms with Gasteiger partial charge in [0.15, 0.2) is 0 Å². The number of aliphatic carboxylic acids is 1. The molecular formula is C16H21N3O6. The van der Waals surface area contributed by atoms with E-state index in [9.17, 15) is 24.8 Å². The molecule has 1 atom stereocenters. The van der Waals surface area contributed by atoms with E-state index in [1.807, 2.05) is 0 Å². The lowest BCUT2D eigenvalue weighted by molar-refractivity contribution is -0.383. The number of hydrogen-bond acceptors (Lipinski definition) is 6. The summed E-state index contributed by atoms with van der Waals surface area (Å²) < 4.78 is 5.23. The minimum atomic E-state index is -0.946. The van der Waals surface area contributed by atoms with Gasteiger partial charge in [-0.05, 0) is 24.8 Å². The summed E-state index contributed by atoms with van der Waals surface area (Å²) in [6.45, 7) is 0.908. The third-order valence-electron chi connectivity index (χ3n) is 4.21. The van der Waals surface area contributed by atoms with Gasteiger partial charge in [-0.15, -0.1) is 0 Å². The molecule has 1 heterocycles. The number of carboxylic acid groups (broad SMARTS) is 1. The van der Waals surface area contributed by atoms with Crippen molar-refractivity contribution >= 4 is 23.3 Å². The number of ether oxygens (including phenoxy) is 1. The van der Waals surface area contributed by atoms with Crippen LogP contribution in [0.15, 0.2) is 24.3 Å². The minimum Gasteiger partial charge on any atom is -0.481 e. The molecule has 25 heavy (non-hydrogen) atoms. The highest BCUT2D eigenvalue weighted by Crippen LogP contribution is 2.24. The first-order chi connectivity index (χ1) is 12.0. The van der Waals surface area contributed by atoms with Crippen LogP contribution in [0.5, 0.6) is 0 Å². The fraction of sp³-hybridized carbons (Fsp3) is 0.500. The lowest BCUT2D eigenvalue weighted by Gasteiger charge is -2.27. The van der Waals surface area contributed by atoms with E-state index in [1.165, 1.54) is 18.2 Å². The van der Waals surface area contributed by atoms with Crippen molar-refractivity contribution in [1.29, 1.82) is 0 Å². The molecule has 1 fully saturated rings. The first-order valence-corrected chi connectivity index (χ1v) is 8.03. The maximum Gasteiger partial charge on any atom is 0.308 e. The maximum absolute atomic E-state index is 11.9. The van der Waals surface area contributed by atoms with E-state index in [4.69, 9.17) is 4.74 Å². The summed E-state index contributed by atoms with van der Waals surface area (Å²) in [4.78, 5) is 33.8. The molecule has 1 saturated heterocycles. The number of carbonyl (C=O) groups excluding carboxylic acids is 1. The van der Waals surface area contributed by atoms with Crippen LogP contribution < -0.4 is 10.6 Å². The van der Waals surface area contributed by atoms with Crippen molar-refractivity contribution in [1.82, 2.24) is 5.32 Å². The lowest BCUT2D eigenvalue weighted by Crippen LogP contribution is -2.40. The van der Waals surface area contributed by atoms with Crippen molar-refractivity contribution in [3.8, 4) is 0 Å². The third kappa shape index (κ3) is 5.42. The van der Waals surface area contributed by atoms with Crippen LogP contribution >= 0.6 is 0 Å². The molecule has 1 amide bonds. The number of nitro benzene ring substituents is 1. The van der Waals surface area contributed by atoms with E-state index < -0.39 is 22.7 Å². The highest BCUT2D eigenvalue weighted by molar-refractivity contribution is 5.82. The van der Waals surface area contributed by atoms with Gasteiger partial charge in [0, 0.05) is 25.8 Å². The predicted octanol–water partition coefficient (Wildman–Crippen LogP) is 1.25. The van der Waals surface area contributed by atoms with E-state index in [0.29, 0.717) is 26.1 Å². The zero-order valence-electron chi connectivity index (χ0n) is 13.6. The van der Waals surface area contributed by atoms with Crippen molar-refractivity contribution in [2.75, 3.05) is 31.6 Å². The molecule has 1 aromatic carbocycles. The molecule has 0 radical (unpaired) electrons. The first-order valence-electron chi connectivity index (χ1n) is 8.03. The average Bonchev–Trinajstić information content (AvgIpc) is 2.61. The zero-order chi connectivity index (χ0) is 18.2. The average molecular weight is 351 g/mol. The van der Waals surface area contributed by atoms with Crippen LogP contribution in [0.25, 0.3) is 0 Å². The number of carbonyl (C=O) groups is 2. The van der Waals surface area contributed by atoms with Gasteiger partial charge in [0.05, 0.1) is 17.4 Å². The van der Waals surface area contributed by atoms with Gasteiger partial charge in [0.25, 0.3) is 5.69 Å². The van der Waals surface area contributed by atoms with E-state index in [0.717, 1.165) is 0 Å². The van der Waals surface area contributed by atoms with Crippen LogP contribution in [-0.4, -0.2) is 48.2 Å². The van der Waals surface area contributed by atoms with Gasteiger partial charge < -0.3 is 20.5 Å². The molecule has 0 aromatic heterocycles. The molecule has 0 aliphatic carbocycles. The normalized spacial score (nSPS) is 16.0. The number of nitro groups is 1. The number of anilines is 1. The molecule has 1 aromatic rings. The van der Waals surface area contributed by atoms with Gasteiger partial charge >= 0.3 is 5.97 Å². The molecule has 0 bridgehead atoms. The summed E-state index contributed by atoms with van der Waals surface area (Å²) in [6.07, 6.45) is 1.31. The third-order valence-corrected chi connectivity index (χ3v) is 4.21. The number of benzene rings is 1. The largest absolute Gasteiger partial charge is 0.481 e. The molecule has 2 rings (SSSR count). The molecule has 1 aliphatic heterocycles. The number of rotatable bonds is 8. The summed E-state index contributed by atoms with van der Waals surface area (Å²) in [5.74, 6) is -2.07. The van der Waals surface area contributed by atoms with Gasteiger partial charge in [0.2, 0.25) is 5.91 Å². The van der Waals surface area contributed by atoms with E-state index in [-0.39, 0.29) is 30.4 Å². The Bertz CT molecular complexity index is 630. The Morgan fingerprint density at radius 1 is 1.32 bits per heavy atom. The summed E-state index contributed by atoms with van der Waals surface area (Å²) in [7, 11) is 0. The second-order valence-corrected chi connectivity index (χ2v) is 5.83. The Hall–Kier alpha value is -2.68. The second-order valence-electron chi connectivity index (χ2n) is 5.83. The Morgan fingerprint density at radius 3 is 2.64 bits per heavy atom. The standard InChI is InChI=1S/C16H21N3O6/c20-15(10-17-13-3-1-2-4-14(13)19(23)24)18-9-12(16(21)22)11-5-7-25-8-6-11/h1-4,11-12,17H,5-10H2,(H,18,20)(H,21,22). The fourth-order valence-corrected chi connectivity index (χ4v) is 2.82. The summed E-state index contributed by atoms with van der Waals surface area (Å²) in [5.41, 5.74) is 0.114. The first kappa shape index (κ1) is 18.7. The molecule has 0 saturated carbocycles. The van der Waals surface area contributed by atoms with Crippen LogP contribution in [0.4, 0.5) is 11.4 Å². The Morgan fingerprint density at radius 2 is 2.00 bits per heavy atom. The van der Waals surface area contributed by atoms with Gasteiger partial charge in [-0.25, -0.2) is 0 Å². The number of hydrogen-bond donors (Lipinski definition) is 3. The topological polar surface area (TPSA) is 131 Å². The fourth-order valence-electron chi connectivity index (χ4n) is 2.82. The zero-order valence-corrected chi connectivity index (χ0v) is 13.6. The van der Waals surface area contributed by atoms with E-state index in [1.54, 1.807) is 6.07 Å². The molecular weight excluding hydrogens is 330 g/mol. The Balaban J connectivity index is 1.85. The van der Waals surface area contributed by atoms with E-state index >= 15 is 0 Å². The molecule has 0 spiro atoms.